The summed E-state index contributed by atoms with van der Waals surface area (Å²) >= 11 is 0. The van der Waals surface area contributed by atoms with E-state index in [-0.39, 0.29) is 17.6 Å². The lowest BCUT2D eigenvalue weighted by Crippen LogP contribution is -2.43. The first-order valence-corrected chi connectivity index (χ1v) is 9.87. The Morgan fingerprint density at radius 1 is 1.24 bits per heavy atom. The van der Waals surface area contributed by atoms with Crippen LogP contribution >= 0.6 is 0 Å². The molecule has 29 heavy (non-hydrogen) atoms. The number of pyridine rings is 2. The van der Waals surface area contributed by atoms with Crippen molar-refractivity contribution in [3.05, 3.63) is 58.4 Å². The van der Waals surface area contributed by atoms with E-state index in [2.05, 4.69) is 9.97 Å². The van der Waals surface area contributed by atoms with E-state index in [1.54, 1.807) is 40.8 Å². The topological polar surface area (TPSA) is 82.2 Å². The minimum absolute atomic E-state index is 0.0376. The molecule has 4 rings (SSSR count). The van der Waals surface area contributed by atoms with Crippen LogP contribution in [0.4, 0.5) is 0 Å². The molecule has 0 radical (unpaired) electrons. The number of aromatic nitrogens is 4. The number of piperidine rings is 1. The molecular formula is C21H25N5O3. The molecule has 3 aromatic rings. The van der Waals surface area contributed by atoms with Crippen LogP contribution in [0.25, 0.3) is 11.2 Å². The van der Waals surface area contributed by atoms with Gasteiger partial charge in [0.25, 0.3) is 5.91 Å². The zero-order valence-electron chi connectivity index (χ0n) is 16.7. The van der Waals surface area contributed by atoms with Crippen LogP contribution in [-0.4, -0.2) is 56.7 Å². The van der Waals surface area contributed by atoms with Crippen LogP contribution in [0.1, 0.15) is 34.9 Å². The molecule has 0 aromatic carbocycles. The fraction of sp³-hybridized carbons (Fsp3) is 0.429. The third-order valence-electron chi connectivity index (χ3n) is 5.53. The van der Waals surface area contributed by atoms with E-state index in [0.717, 1.165) is 24.1 Å². The number of hydrogen-bond acceptors (Lipinski definition) is 5. The summed E-state index contributed by atoms with van der Waals surface area (Å²) in [6.07, 6.45) is 5.05. The monoisotopic (exact) mass is 395 g/mol. The van der Waals surface area contributed by atoms with Gasteiger partial charge < -0.3 is 9.64 Å². The standard InChI is InChI=1S/C21H25N5O3/c1-15-17(7-3-9-22-15)20(27)24-11-5-6-16(14-24)26-19-18(8-4-10-23-19)25(21(26)28)12-13-29-2/h3-4,7-10,16H,5-6,11-14H2,1-2H3/t16-/m0/s1. The van der Waals surface area contributed by atoms with Gasteiger partial charge in [-0.25, -0.2) is 9.78 Å². The van der Waals surface area contributed by atoms with Crippen molar-refractivity contribution in [1.29, 1.82) is 0 Å². The summed E-state index contributed by atoms with van der Waals surface area (Å²) in [5.74, 6) is -0.0376. The van der Waals surface area contributed by atoms with Crippen molar-refractivity contribution >= 4 is 17.1 Å². The summed E-state index contributed by atoms with van der Waals surface area (Å²) in [5, 5.41) is 0. The molecule has 152 valence electrons. The summed E-state index contributed by atoms with van der Waals surface area (Å²) in [7, 11) is 1.62. The van der Waals surface area contributed by atoms with Gasteiger partial charge in [-0.15, -0.1) is 0 Å². The van der Waals surface area contributed by atoms with Gasteiger partial charge in [0.15, 0.2) is 5.65 Å². The molecule has 1 fully saturated rings. The zero-order valence-corrected chi connectivity index (χ0v) is 16.7. The molecule has 0 N–H and O–H groups in total. The molecule has 4 heterocycles. The van der Waals surface area contributed by atoms with Gasteiger partial charge in [-0.2, -0.15) is 0 Å². The second-order valence-corrected chi connectivity index (χ2v) is 7.33. The Morgan fingerprint density at radius 2 is 2.03 bits per heavy atom. The Hall–Kier alpha value is -3.00. The van der Waals surface area contributed by atoms with Gasteiger partial charge in [0, 0.05) is 38.3 Å². The van der Waals surface area contributed by atoms with E-state index >= 15 is 0 Å². The fourth-order valence-electron chi connectivity index (χ4n) is 4.07. The Morgan fingerprint density at radius 3 is 2.83 bits per heavy atom. The highest BCUT2D eigenvalue weighted by molar-refractivity contribution is 5.95. The Balaban J connectivity index is 1.68. The van der Waals surface area contributed by atoms with Gasteiger partial charge in [-0.1, -0.05) is 0 Å². The van der Waals surface area contributed by atoms with Crippen LogP contribution in [0.3, 0.4) is 0 Å². The summed E-state index contributed by atoms with van der Waals surface area (Å²) in [6.45, 7) is 3.91. The molecule has 8 heteroatoms. The number of methoxy groups -OCH3 is 1. The Labute approximate surface area is 168 Å². The third-order valence-corrected chi connectivity index (χ3v) is 5.53. The molecule has 1 amide bonds. The van der Waals surface area contributed by atoms with Gasteiger partial charge in [-0.3, -0.25) is 18.9 Å². The maximum atomic E-state index is 13.2. The minimum Gasteiger partial charge on any atom is -0.383 e. The predicted molar refractivity (Wildman–Crippen MR) is 109 cm³/mol. The number of carbonyl (C=O) groups is 1. The van der Waals surface area contributed by atoms with E-state index < -0.39 is 0 Å². The molecule has 0 spiro atoms. The Kier molecular flexibility index (Phi) is 5.44. The van der Waals surface area contributed by atoms with Crippen LogP contribution in [0.2, 0.25) is 0 Å². The van der Waals surface area contributed by atoms with Crippen molar-refractivity contribution in [3.63, 3.8) is 0 Å². The van der Waals surface area contributed by atoms with Gasteiger partial charge in [-0.05, 0) is 44.0 Å². The first-order chi connectivity index (χ1) is 14.1. The molecule has 0 unspecified atom stereocenters. The van der Waals surface area contributed by atoms with E-state index in [0.29, 0.717) is 37.5 Å². The molecule has 0 bridgehead atoms. The number of ether oxygens (including phenoxy) is 1. The maximum absolute atomic E-state index is 13.2. The van der Waals surface area contributed by atoms with E-state index in [1.165, 1.54) is 0 Å². The van der Waals surface area contributed by atoms with Crippen molar-refractivity contribution in [2.75, 3.05) is 26.8 Å². The maximum Gasteiger partial charge on any atom is 0.330 e. The van der Waals surface area contributed by atoms with Gasteiger partial charge in [0.2, 0.25) is 0 Å². The van der Waals surface area contributed by atoms with Crippen LogP contribution in [0.15, 0.2) is 41.5 Å². The molecule has 0 aliphatic carbocycles. The fourth-order valence-corrected chi connectivity index (χ4v) is 4.07. The van der Waals surface area contributed by atoms with E-state index in [9.17, 15) is 9.59 Å². The number of fused-ring (bicyclic) bond motifs is 1. The average Bonchev–Trinajstić information content (AvgIpc) is 3.03. The Bertz CT molecular complexity index is 1090. The SMILES string of the molecule is COCCn1c(=O)n([C@H]2CCCN(C(=O)c3cccnc3C)C2)c2ncccc21. The summed E-state index contributed by atoms with van der Waals surface area (Å²) < 4.78 is 8.62. The summed E-state index contributed by atoms with van der Waals surface area (Å²) in [4.78, 5) is 36.8. The van der Waals surface area contributed by atoms with Crippen LogP contribution < -0.4 is 5.69 Å². The highest BCUT2D eigenvalue weighted by Crippen LogP contribution is 2.25. The van der Waals surface area contributed by atoms with Crippen LogP contribution in [0, 0.1) is 6.92 Å². The van der Waals surface area contributed by atoms with E-state index in [4.69, 9.17) is 4.74 Å². The van der Waals surface area contributed by atoms with Crippen molar-refractivity contribution < 1.29 is 9.53 Å². The molecule has 1 aliphatic heterocycles. The van der Waals surface area contributed by atoms with Crippen LogP contribution in [0.5, 0.6) is 0 Å². The normalized spacial score (nSPS) is 17.0. The van der Waals surface area contributed by atoms with Crippen molar-refractivity contribution in [3.8, 4) is 0 Å². The first-order valence-electron chi connectivity index (χ1n) is 9.87. The van der Waals surface area contributed by atoms with Crippen molar-refractivity contribution in [2.24, 2.45) is 0 Å². The van der Waals surface area contributed by atoms with Gasteiger partial charge >= 0.3 is 5.69 Å². The molecule has 0 saturated carbocycles. The van der Waals surface area contributed by atoms with Crippen molar-refractivity contribution in [2.45, 2.75) is 32.4 Å². The van der Waals surface area contributed by atoms with Gasteiger partial charge in [0.1, 0.15) is 0 Å². The molecule has 1 aliphatic rings. The second-order valence-electron chi connectivity index (χ2n) is 7.33. The second kappa shape index (κ2) is 8.16. The average molecular weight is 395 g/mol. The smallest absolute Gasteiger partial charge is 0.330 e. The number of imidazole rings is 1. The molecule has 3 aromatic heterocycles. The molecule has 1 atom stereocenters. The third kappa shape index (κ3) is 3.55. The summed E-state index contributed by atoms with van der Waals surface area (Å²) in [5.41, 5.74) is 2.68. The number of nitrogens with zero attached hydrogens (tertiary/aromatic N) is 5. The highest BCUT2D eigenvalue weighted by atomic mass is 16.5. The van der Waals surface area contributed by atoms with Gasteiger partial charge in [0.05, 0.1) is 30.3 Å². The number of rotatable bonds is 5. The largest absolute Gasteiger partial charge is 0.383 e. The quantitative estimate of drug-likeness (QED) is 0.660. The summed E-state index contributed by atoms with van der Waals surface area (Å²) in [6, 6.07) is 7.20. The number of hydrogen-bond donors (Lipinski definition) is 0. The lowest BCUT2D eigenvalue weighted by molar-refractivity contribution is 0.0677. The number of aryl methyl sites for hydroxylation is 1. The molecular weight excluding hydrogens is 370 g/mol. The first kappa shape index (κ1) is 19.3. The number of carbonyl (C=O) groups excluding carboxylic acids is 1. The minimum atomic E-state index is -0.113. The predicted octanol–water partition coefficient (Wildman–Crippen LogP) is 2.03. The van der Waals surface area contributed by atoms with Crippen molar-refractivity contribution in [1.82, 2.24) is 24.0 Å². The van der Waals surface area contributed by atoms with Crippen LogP contribution in [-0.2, 0) is 11.3 Å². The lowest BCUT2D eigenvalue weighted by atomic mass is 10.0. The lowest BCUT2D eigenvalue weighted by Gasteiger charge is -2.33. The highest BCUT2D eigenvalue weighted by Gasteiger charge is 2.29. The number of amides is 1. The zero-order chi connectivity index (χ0) is 20.4. The van der Waals surface area contributed by atoms with E-state index in [1.807, 2.05) is 24.0 Å². The molecule has 8 nitrogen and oxygen atoms in total. The molecule has 1 saturated heterocycles. The number of likely N-dealkylation sites (tertiary alicyclic amines) is 1.